The Labute approximate surface area is 123 Å². The summed E-state index contributed by atoms with van der Waals surface area (Å²) in [5.74, 6) is -0.0526. The lowest BCUT2D eigenvalue weighted by atomic mass is 10.1. The first-order chi connectivity index (χ1) is 9.58. The zero-order valence-electron chi connectivity index (χ0n) is 11.7. The van der Waals surface area contributed by atoms with Gasteiger partial charge in [-0.25, -0.2) is 0 Å². The Bertz CT molecular complexity index is 593. The number of amides is 1. The van der Waals surface area contributed by atoms with Gasteiger partial charge in [0.25, 0.3) is 0 Å². The fourth-order valence-corrected chi connectivity index (χ4v) is 2.15. The lowest BCUT2D eigenvalue weighted by Gasteiger charge is -2.07. The van der Waals surface area contributed by atoms with Gasteiger partial charge in [-0.1, -0.05) is 41.9 Å². The molecule has 0 saturated carbocycles. The van der Waals surface area contributed by atoms with Crippen LogP contribution in [-0.4, -0.2) is 22.2 Å². The number of benzene rings is 1. The van der Waals surface area contributed by atoms with Crippen molar-refractivity contribution in [3.63, 3.8) is 0 Å². The molecule has 0 fully saturated rings. The molecule has 20 heavy (non-hydrogen) atoms. The van der Waals surface area contributed by atoms with Gasteiger partial charge < -0.3 is 5.32 Å². The molecule has 0 radical (unpaired) electrons. The van der Waals surface area contributed by atoms with E-state index < -0.39 is 0 Å². The highest BCUT2D eigenvalue weighted by Crippen LogP contribution is 2.18. The van der Waals surface area contributed by atoms with Crippen molar-refractivity contribution in [3.05, 3.63) is 52.3 Å². The second-order valence-electron chi connectivity index (χ2n) is 4.73. The first-order valence-electron chi connectivity index (χ1n) is 6.58. The number of carbonyl (C=O) groups excluding carboxylic acids is 1. The molecule has 106 valence electrons. The predicted molar refractivity (Wildman–Crippen MR) is 79.9 cm³/mol. The highest BCUT2D eigenvalue weighted by atomic mass is 35.5. The van der Waals surface area contributed by atoms with Crippen LogP contribution in [0.4, 0.5) is 0 Å². The standard InChI is InChI=1S/C15H18ClN3O/c1-11-15(16)12(2)19(18-11)10-14(20)17-9-8-13-6-4-3-5-7-13/h3-7H,8-10H2,1-2H3,(H,17,20). The summed E-state index contributed by atoms with van der Waals surface area (Å²) in [4.78, 5) is 11.9. The van der Waals surface area contributed by atoms with Crippen molar-refractivity contribution in [2.45, 2.75) is 26.8 Å². The molecule has 0 aliphatic carbocycles. The number of carbonyl (C=O) groups is 1. The van der Waals surface area contributed by atoms with Crippen LogP contribution >= 0.6 is 11.6 Å². The quantitative estimate of drug-likeness (QED) is 0.920. The SMILES string of the molecule is Cc1nn(CC(=O)NCCc2ccccc2)c(C)c1Cl. The Hall–Kier alpha value is -1.81. The van der Waals surface area contributed by atoms with Crippen LogP contribution in [0.1, 0.15) is 17.0 Å². The highest BCUT2D eigenvalue weighted by Gasteiger charge is 2.11. The molecule has 0 aliphatic heterocycles. The van der Waals surface area contributed by atoms with Gasteiger partial charge in [0.05, 0.1) is 16.4 Å². The Morgan fingerprint density at radius 1 is 1.30 bits per heavy atom. The Morgan fingerprint density at radius 2 is 2.00 bits per heavy atom. The number of rotatable bonds is 5. The van der Waals surface area contributed by atoms with Gasteiger partial charge in [-0.05, 0) is 25.8 Å². The van der Waals surface area contributed by atoms with Gasteiger partial charge >= 0.3 is 0 Å². The zero-order chi connectivity index (χ0) is 14.5. The summed E-state index contributed by atoms with van der Waals surface area (Å²) in [7, 11) is 0. The monoisotopic (exact) mass is 291 g/mol. The Kier molecular flexibility index (Phi) is 4.79. The summed E-state index contributed by atoms with van der Waals surface area (Å²) >= 11 is 6.05. The third-order valence-corrected chi connectivity index (χ3v) is 3.71. The summed E-state index contributed by atoms with van der Waals surface area (Å²) in [5, 5.41) is 7.76. The Balaban J connectivity index is 1.82. The molecule has 0 saturated heterocycles. The van der Waals surface area contributed by atoms with Gasteiger partial charge in [0, 0.05) is 6.54 Å². The van der Waals surface area contributed by atoms with Crippen molar-refractivity contribution in [3.8, 4) is 0 Å². The van der Waals surface area contributed by atoms with E-state index in [1.165, 1.54) is 5.56 Å². The molecular formula is C15H18ClN3O. The minimum absolute atomic E-state index is 0.0526. The Morgan fingerprint density at radius 3 is 2.60 bits per heavy atom. The van der Waals surface area contributed by atoms with Crippen LogP contribution in [0.5, 0.6) is 0 Å². The van der Waals surface area contributed by atoms with Gasteiger partial charge in [0.15, 0.2) is 0 Å². The van der Waals surface area contributed by atoms with E-state index in [-0.39, 0.29) is 12.5 Å². The van der Waals surface area contributed by atoms with E-state index in [4.69, 9.17) is 11.6 Å². The summed E-state index contributed by atoms with van der Waals surface area (Å²) < 4.78 is 1.63. The van der Waals surface area contributed by atoms with Crippen molar-refractivity contribution in [1.82, 2.24) is 15.1 Å². The van der Waals surface area contributed by atoms with Gasteiger partial charge in [-0.3, -0.25) is 9.48 Å². The first-order valence-corrected chi connectivity index (χ1v) is 6.96. The summed E-state index contributed by atoms with van der Waals surface area (Å²) in [6, 6.07) is 10.1. The van der Waals surface area contributed by atoms with Crippen molar-refractivity contribution in [2.75, 3.05) is 6.54 Å². The normalized spacial score (nSPS) is 10.6. The van der Waals surface area contributed by atoms with Crippen LogP contribution in [-0.2, 0) is 17.8 Å². The van der Waals surface area contributed by atoms with E-state index in [9.17, 15) is 4.79 Å². The molecule has 1 aromatic heterocycles. The van der Waals surface area contributed by atoms with Gasteiger partial charge in [-0.15, -0.1) is 0 Å². The van der Waals surface area contributed by atoms with E-state index in [2.05, 4.69) is 10.4 Å². The molecule has 2 aromatic rings. The molecule has 2 rings (SSSR count). The molecule has 1 N–H and O–H groups in total. The topological polar surface area (TPSA) is 46.9 Å². The minimum Gasteiger partial charge on any atom is -0.354 e. The molecule has 4 nitrogen and oxygen atoms in total. The molecule has 0 atom stereocenters. The summed E-state index contributed by atoms with van der Waals surface area (Å²) in [5.41, 5.74) is 2.78. The van der Waals surface area contributed by atoms with E-state index >= 15 is 0 Å². The molecule has 0 bridgehead atoms. The molecule has 1 amide bonds. The van der Waals surface area contributed by atoms with E-state index in [1.807, 2.05) is 44.2 Å². The molecule has 0 aliphatic rings. The second kappa shape index (κ2) is 6.57. The number of nitrogens with zero attached hydrogens (tertiary/aromatic N) is 2. The van der Waals surface area contributed by atoms with Crippen LogP contribution in [0.15, 0.2) is 30.3 Å². The largest absolute Gasteiger partial charge is 0.354 e. The van der Waals surface area contributed by atoms with E-state index in [0.29, 0.717) is 11.6 Å². The van der Waals surface area contributed by atoms with E-state index in [0.717, 1.165) is 17.8 Å². The van der Waals surface area contributed by atoms with Crippen molar-refractivity contribution in [1.29, 1.82) is 0 Å². The lowest BCUT2D eigenvalue weighted by Crippen LogP contribution is -2.30. The van der Waals surface area contributed by atoms with Gasteiger partial charge in [0.2, 0.25) is 5.91 Å². The minimum atomic E-state index is -0.0526. The van der Waals surface area contributed by atoms with Crippen LogP contribution in [0, 0.1) is 13.8 Å². The molecule has 0 unspecified atom stereocenters. The number of hydrogen-bond acceptors (Lipinski definition) is 2. The maximum atomic E-state index is 11.9. The highest BCUT2D eigenvalue weighted by molar-refractivity contribution is 6.31. The van der Waals surface area contributed by atoms with Crippen LogP contribution in [0.3, 0.4) is 0 Å². The van der Waals surface area contributed by atoms with Crippen LogP contribution < -0.4 is 5.32 Å². The number of aryl methyl sites for hydroxylation is 1. The van der Waals surface area contributed by atoms with Crippen LogP contribution in [0.2, 0.25) is 5.02 Å². The average molecular weight is 292 g/mol. The van der Waals surface area contributed by atoms with Gasteiger partial charge in [0.1, 0.15) is 6.54 Å². The summed E-state index contributed by atoms with van der Waals surface area (Å²) in [6.07, 6.45) is 0.824. The number of aromatic nitrogens is 2. The van der Waals surface area contributed by atoms with Crippen LogP contribution in [0.25, 0.3) is 0 Å². The number of nitrogens with one attached hydrogen (secondary N) is 1. The first kappa shape index (κ1) is 14.6. The number of halogens is 1. The van der Waals surface area contributed by atoms with Crippen molar-refractivity contribution in [2.24, 2.45) is 0 Å². The van der Waals surface area contributed by atoms with Gasteiger partial charge in [-0.2, -0.15) is 5.10 Å². The zero-order valence-corrected chi connectivity index (χ0v) is 12.4. The summed E-state index contributed by atoms with van der Waals surface area (Å²) in [6.45, 7) is 4.52. The number of hydrogen-bond donors (Lipinski definition) is 1. The maximum absolute atomic E-state index is 11.9. The van der Waals surface area contributed by atoms with Crippen molar-refractivity contribution < 1.29 is 4.79 Å². The third kappa shape index (κ3) is 3.61. The second-order valence-corrected chi connectivity index (χ2v) is 5.11. The molecule has 0 spiro atoms. The molecule has 1 aromatic carbocycles. The molecule has 5 heteroatoms. The third-order valence-electron chi connectivity index (χ3n) is 3.17. The van der Waals surface area contributed by atoms with E-state index in [1.54, 1.807) is 4.68 Å². The smallest absolute Gasteiger partial charge is 0.241 e. The van der Waals surface area contributed by atoms with Crippen molar-refractivity contribution >= 4 is 17.5 Å². The predicted octanol–water partition coefficient (Wildman–Crippen LogP) is 2.51. The fourth-order valence-electron chi connectivity index (χ4n) is 2.01. The molecule has 1 heterocycles. The molecular weight excluding hydrogens is 274 g/mol. The maximum Gasteiger partial charge on any atom is 0.241 e. The lowest BCUT2D eigenvalue weighted by molar-refractivity contribution is -0.121. The fraction of sp³-hybridized carbons (Fsp3) is 0.333. The average Bonchev–Trinajstić information content (AvgIpc) is 2.67.